The fraction of sp³-hybridized carbons (Fsp3) is 0.857. The molecule has 0 heterocycles. The molecule has 0 rings (SSSR count). The van der Waals surface area contributed by atoms with Crippen molar-refractivity contribution in [3.63, 3.8) is 0 Å². The normalized spacial score (nSPS) is 11.4. The van der Waals surface area contributed by atoms with Gasteiger partial charge >= 0.3 is 0 Å². The summed E-state index contributed by atoms with van der Waals surface area (Å²) in [5, 5.41) is -0.182. The molecule has 0 amide bonds. The minimum atomic E-state index is -0.182. The molecule has 0 aromatic carbocycles. The monoisotopic (exact) mass is 342 g/mol. The van der Waals surface area contributed by atoms with Crippen LogP contribution in [-0.2, 0) is 4.79 Å². The molecule has 1 nitrogen and oxygen atoms in total. The standard InChI is InChI=1S/C21H39ClO/c1-2-3-4-5-6-7-8-9-10-11-12-13-14-15-16-17-18-19-20-21(22)23/h4-5H,2-3,6-20H2,1H3/b5-4+. The van der Waals surface area contributed by atoms with Crippen LogP contribution < -0.4 is 0 Å². The maximum atomic E-state index is 10.6. The van der Waals surface area contributed by atoms with E-state index in [0.717, 1.165) is 12.8 Å². The summed E-state index contributed by atoms with van der Waals surface area (Å²) < 4.78 is 0. The molecule has 0 aromatic rings. The Labute approximate surface area is 150 Å². The maximum Gasteiger partial charge on any atom is 0.221 e. The van der Waals surface area contributed by atoms with Crippen LogP contribution in [0.2, 0.25) is 0 Å². The van der Waals surface area contributed by atoms with Crippen LogP contribution in [0.25, 0.3) is 0 Å². The summed E-state index contributed by atoms with van der Waals surface area (Å²) in [5.74, 6) is 0. The molecule has 23 heavy (non-hydrogen) atoms. The second-order valence-electron chi connectivity index (χ2n) is 6.75. The van der Waals surface area contributed by atoms with Crippen molar-refractivity contribution in [1.82, 2.24) is 0 Å². The van der Waals surface area contributed by atoms with Gasteiger partial charge < -0.3 is 0 Å². The van der Waals surface area contributed by atoms with E-state index in [-0.39, 0.29) is 5.24 Å². The summed E-state index contributed by atoms with van der Waals surface area (Å²) in [4.78, 5) is 10.6. The Balaban J connectivity index is 3.01. The van der Waals surface area contributed by atoms with Crippen molar-refractivity contribution in [3.8, 4) is 0 Å². The van der Waals surface area contributed by atoms with E-state index in [1.54, 1.807) is 0 Å². The minimum Gasteiger partial charge on any atom is -0.281 e. The van der Waals surface area contributed by atoms with Crippen molar-refractivity contribution >= 4 is 16.8 Å². The zero-order valence-electron chi connectivity index (χ0n) is 15.5. The highest BCUT2D eigenvalue weighted by atomic mass is 35.5. The fourth-order valence-corrected chi connectivity index (χ4v) is 3.01. The lowest BCUT2D eigenvalue weighted by Crippen LogP contribution is -1.86. The third kappa shape index (κ3) is 21.7. The lowest BCUT2D eigenvalue weighted by molar-refractivity contribution is -0.111. The molecule has 0 saturated carbocycles. The minimum absolute atomic E-state index is 0.182. The van der Waals surface area contributed by atoms with Gasteiger partial charge in [-0.3, -0.25) is 4.79 Å². The van der Waals surface area contributed by atoms with Crippen molar-refractivity contribution in [2.24, 2.45) is 0 Å². The summed E-state index contributed by atoms with van der Waals surface area (Å²) in [7, 11) is 0. The van der Waals surface area contributed by atoms with Crippen molar-refractivity contribution in [2.45, 2.75) is 116 Å². The average Bonchev–Trinajstić information content (AvgIpc) is 2.53. The number of hydrogen-bond acceptors (Lipinski definition) is 1. The van der Waals surface area contributed by atoms with Crippen molar-refractivity contribution in [3.05, 3.63) is 12.2 Å². The highest BCUT2D eigenvalue weighted by molar-refractivity contribution is 6.63. The van der Waals surface area contributed by atoms with Gasteiger partial charge in [0.25, 0.3) is 0 Å². The van der Waals surface area contributed by atoms with E-state index in [4.69, 9.17) is 11.6 Å². The number of allylic oxidation sites excluding steroid dienone is 2. The van der Waals surface area contributed by atoms with Gasteiger partial charge in [0.15, 0.2) is 0 Å². The van der Waals surface area contributed by atoms with Gasteiger partial charge in [0, 0.05) is 6.42 Å². The number of unbranched alkanes of at least 4 members (excludes halogenated alkanes) is 14. The number of halogens is 1. The van der Waals surface area contributed by atoms with E-state index in [2.05, 4.69) is 19.1 Å². The smallest absolute Gasteiger partial charge is 0.221 e. The third-order valence-electron chi connectivity index (χ3n) is 4.37. The molecule has 0 spiro atoms. The molecular formula is C21H39ClO. The van der Waals surface area contributed by atoms with Gasteiger partial charge in [-0.15, -0.1) is 0 Å². The van der Waals surface area contributed by atoms with E-state index in [0.29, 0.717) is 6.42 Å². The predicted octanol–water partition coefficient (Wildman–Crippen LogP) is 7.96. The van der Waals surface area contributed by atoms with Crippen molar-refractivity contribution in [2.75, 3.05) is 0 Å². The first-order valence-corrected chi connectivity index (χ1v) is 10.5. The highest BCUT2D eigenvalue weighted by Gasteiger charge is 1.96. The first-order chi connectivity index (χ1) is 11.3. The van der Waals surface area contributed by atoms with Crippen LogP contribution in [0.4, 0.5) is 0 Å². The molecule has 0 aromatic heterocycles. The van der Waals surface area contributed by atoms with Crippen LogP contribution in [0, 0.1) is 0 Å². The molecule has 136 valence electrons. The molecule has 0 aliphatic heterocycles. The van der Waals surface area contributed by atoms with Gasteiger partial charge in [-0.1, -0.05) is 96.1 Å². The van der Waals surface area contributed by atoms with Crippen LogP contribution in [0.15, 0.2) is 12.2 Å². The molecule has 0 saturated heterocycles. The Kier molecular flexibility index (Phi) is 19.5. The van der Waals surface area contributed by atoms with Crippen LogP contribution in [-0.4, -0.2) is 5.24 Å². The Morgan fingerprint density at radius 1 is 0.652 bits per heavy atom. The predicted molar refractivity (Wildman–Crippen MR) is 104 cm³/mol. The van der Waals surface area contributed by atoms with E-state index in [9.17, 15) is 4.79 Å². The summed E-state index contributed by atoms with van der Waals surface area (Å²) in [6.45, 7) is 2.23. The van der Waals surface area contributed by atoms with Gasteiger partial charge in [0.2, 0.25) is 5.24 Å². The first kappa shape index (κ1) is 22.7. The fourth-order valence-electron chi connectivity index (χ4n) is 2.87. The summed E-state index contributed by atoms with van der Waals surface area (Å²) >= 11 is 5.31. The van der Waals surface area contributed by atoms with E-state index in [1.165, 1.54) is 89.9 Å². The molecule has 0 aliphatic carbocycles. The molecule has 0 radical (unpaired) electrons. The van der Waals surface area contributed by atoms with Crippen LogP contribution >= 0.6 is 11.6 Å². The molecule has 0 atom stereocenters. The van der Waals surface area contributed by atoms with Gasteiger partial charge in [-0.2, -0.15) is 0 Å². The molecular weight excluding hydrogens is 304 g/mol. The molecule has 0 aliphatic rings. The molecule has 0 bridgehead atoms. The Bertz CT molecular complexity index is 273. The largest absolute Gasteiger partial charge is 0.281 e. The van der Waals surface area contributed by atoms with Gasteiger partial charge in [-0.05, 0) is 37.3 Å². The topological polar surface area (TPSA) is 17.1 Å². The summed E-state index contributed by atoms with van der Waals surface area (Å²) in [6, 6.07) is 0. The van der Waals surface area contributed by atoms with E-state index >= 15 is 0 Å². The zero-order chi connectivity index (χ0) is 17.0. The molecule has 2 heteroatoms. The van der Waals surface area contributed by atoms with Crippen molar-refractivity contribution in [1.29, 1.82) is 0 Å². The molecule has 0 unspecified atom stereocenters. The lowest BCUT2D eigenvalue weighted by Gasteiger charge is -2.03. The quantitative estimate of drug-likeness (QED) is 0.140. The second-order valence-corrected chi connectivity index (χ2v) is 7.17. The van der Waals surface area contributed by atoms with Gasteiger partial charge in [-0.25, -0.2) is 0 Å². The Morgan fingerprint density at radius 3 is 1.48 bits per heavy atom. The number of rotatable bonds is 18. The second kappa shape index (κ2) is 19.7. The number of hydrogen-bond donors (Lipinski definition) is 0. The SMILES string of the molecule is CCC/C=C/CCCCCCCCCCCCCCCC(=O)Cl. The molecule has 0 fully saturated rings. The highest BCUT2D eigenvalue weighted by Crippen LogP contribution is 2.13. The van der Waals surface area contributed by atoms with Crippen LogP contribution in [0.5, 0.6) is 0 Å². The first-order valence-electron chi connectivity index (χ1n) is 10.1. The van der Waals surface area contributed by atoms with Gasteiger partial charge in [0.1, 0.15) is 0 Å². The van der Waals surface area contributed by atoms with Crippen molar-refractivity contribution < 1.29 is 4.79 Å². The van der Waals surface area contributed by atoms with E-state index in [1.807, 2.05) is 0 Å². The number of carbonyl (C=O) groups is 1. The van der Waals surface area contributed by atoms with E-state index < -0.39 is 0 Å². The van der Waals surface area contributed by atoms with Gasteiger partial charge in [0.05, 0.1) is 0 Å². The maximum absolute atomic E-state index is 10.6. The summed E-state index contributed by atoms with van der Waals surface area (Å²) in [6.07, 6.45) is 26.3. The lowest BCUT2D eigenvalue weighted by atomic mass is 10.0. The Hall–Kier alpha value is -0.300. The average molecular weight is 343 g/mol. The third-order valence-corrected chi connectivity index (χ3v) is 4.56. The Morgan fingerprint density at radius 2 is 1.04 bits per heavy atom. The molecule has 0 N–H and O–H groups in total. The summed E-state index contributed by atoms with van der Waals surface area (Å²) in [5.41, 5.74) is 0. The number of carbonyl (C=O) groups excluding carboxylic acids is 1. The van der Waals surface area contributed by atoms with Crippen LogP contribution in [0.3, 0.4) is 0 Å². The van der Waals surface area contributed by atoms with Crippen LogP contribution in [0.1, 0.15) is 116 Å². The zero-order valence-corrected chi connectivity index (χ0v) is 16.2.